The number of aromatic nitrogens is 2. The Bertz CT molecular complexity index is 1120. The van der Waals surface area contributed by atoms with Crippen molar-refractivity contribution in [1.82, 2.24) is 9.97 Å². The molecule has 2 aromatic heterocycles. The average molecular weight is 492 g/mol. The first kappa shape index (κ1) is 21.1. The molecule has 0 bridgehead atoms. The second-order valence-corrected chi connectivity index (χ2v) is 7.69. The SMILES string of the molecule is O=C(Nc1ccnc(Br)c1)N1CCCNc2ccc(-c3cccc(C(F)(F)F)c3)nc21. The first-order valence-electron chi connectivity index (χ1n) is 9.44. The van der Waals surface area contributed by atoms with Gasteiger partial charge >= 0.3 is 12.2 Å². The Labute approximate surface area is 184 Å². The Kier molecular flexibility index (Phi) is 5.81. The monoisotopic (exact) mass is 491 g/mol. The second kappa shape index (κ2) is 8.54. The molecule has 2 N–H and O–H groups in total. The van der Waals surface area contributed by atoms with Gasteiger partial charge in [0.15, 0.2) is 5.82 Å². The zero-order valence-corrected chi connectivity index (χ0v) is 17.7. The van der Waals surface area contributed by atoms with Crippen molar-refractivity contribution in [2.75, 3.05) is 28.6 Å². The number of carbonyl (C=O) groups is 1. The molecule has 0 saturated heterocycles. The molecule has 160 valence electrons. The van der Waals surface area contributed by atoms with Crippen LogP contribution in [0.15, 0.2) is 59.3 Å². The minimum Gasteiger partial charge on any atom is -0.382 e. The molecular formula is C21H17BrF3N5O. The lowest BCUT2D eigenvalue weighted by molar-refractivity contribution is -0.137. The third-order valence-electron chi connectivity index (χ3n) is 4.71. The highest BCUT2D eigenvalue weighted by atomic mass is 79.9. The minimum atomic E-state index is -4.45. The predicted molar refractivity (Wildman–Crippen MR) is 116 cm³/mol. The predicted octanol–water partition coefficient (Wildman–Crippen LogP) is 5.78. The number of carbonyl (C=O) groups excluding carboxylic acids is 1. The van der Waals surface area contributed by atoms with Gasteiger partial charge in [-0.05, 0) is 58.7 Å². The van der Waals surface area contributed by atoms with Gasteiger partial charge in [0.2, 0.25) is 0 Å². The van der Waals surface area contributed by atoms with Crippen molar-refractivity contribution >= 4 is 39.2 Å². The van der Waals surface area contributed by atoms with Crippen LogP contribution in [0, 0.1) is 0 Å². The van der Waals surface area contributed by atoms with Crippen molar-refractivity contribution in [2.24, 2.45) is 0 Å². The van der Waals surface area contributed by atoms with Crippen LogP contribution in [0.4, 0.5) is 35.2 Å². The molecule has 0 spiro atoms. The van der Waals surface area contributed by atoms with Crippen LogP contribution in [-0.4, -0.2) is 29.1 Å². The van der Waals surface area contributed by atoms with E-state index in [1.807, 2.05) is 0 Å². The topological polar surface area (TPSA) is 70.2 Å². The molecule has 0 aliphatic carbocycles. The molecule has 6 nitrogen and oxygen atoms in total. The van der Waals surface area contributed by atoms with Crippen LogP contribution in [0.3, 0.4) is 0 Å². The van der Waals surface area contributed by atoms with Gasteiger partial charge in [0.05, 0.1) is 16.9 Å². The lowest BCUT2D eigenvalue weighted by Gasteiger charge is -2.22. The number of halogens is 4. The quantitative estimate of drug-likeness (QED) is 0.445. The molecule has 10 heteroatoms. The molecule has 0 fully saturated rings. The molecule has 3 heterocycles. The van der Waals surface area contributed by atoms with Crippen molar-refractivity contribution in [1.29, 1.82) is 0 Å². The van der Waals surface area contributed by atoms with E-state index in [4.69, 9.17) is 0 Å². The summed E-state index contributed by atoms with van der Waals surface area (Å²) in [6.07, 6.45) is -2.21. The summed E-state index contributed by atoms with van der Waals surface area (Å²) in [6.45, 7) is 1.04. The molecule has 1 aliphatic heterocycles. The minimum absolute atomic E-state index is 0.320. The number of alkyl halides is 3. The van der Waals surface area contributed by atoms with Gasteiger partial charge in [0, 0.05) is 30.5 Å². The number of hydrogen-bond acceptors (Lipinski definition) is 4. The van der Waals surface area contributed by atoms with Crippen LogP contribution in [0.2, 0.25) is 0 Å². The second-order valence-electron chi connectivity index (χ2n) is 6.88. The maximum absolute atomic E-state index is 13.1. The molecule has 4 rings (SSSR count). The van der Waals surface area contributed by atoms with Gasteiger partial charge in [0.1, 0.15) is 4.60 Å². The maximum Gasteiger partial charge on any atom is 0.416 e. The highest BCUT2D eigenvalue weighted by Crippen LogP contribution is 2.34. The van der Waals surface area contributed by atoms with E-state index >= 15 is 0 Å². The van der Waals surface area contributed by atoms with E-state index in [2.05, 4.69) is 36.5 Å². The Balaban J connectivity index is 1.69. The smallest absolute Gasteiger partial charge is 0.382 e. The van der Waals surface area contributed by atoms with E-state index in [0.717, 1.165) is 12.1 Å². The number of anilines is 3. The van der Waals surface area contributed by atoms with E-state index in [0.29, 0.717) is 52.6 Å². The fraction of sp³-hybridized carbons (Fsp3) is 0.190. The van der Waals surface area contributed by atoms with Crippen LogP contribution >= 0.6 is 15.9 Å². The first-order valence-corrected chi connectivity index (χ1v) is 10.2. The molecule has 0 unspecified atom stereocenters. The van der Waals surface area contributed by atoms with Crippen molar-refractivity contribution in [3.8, 4) is 11.3 Å². The van der Waals surface area contributed by atoms with E-state index < -0.39 is 17.8 Å². The van der Waals surface area contributed by atoms with Gasteiger partial charge < -0.3 is 10.6 Å². The molecule has 3 aromatic rings. The average Bonchev–Trinajstić information content (AvgIpc) is 2.95. The van der Waals surface area contributed by atoms with Crippen LogP contribution in [0.5, 0.6) is 0 Å². The van der Waals surface area contributed by atoms with Crippen molar-refractivity contribution in [2.45, 2.75) is 12.6 Å². The number of urea groups is 1. The first-order chi connectivity index (χ1) is 14.8. The number of hydrogen-bond donors (Lipinski definition) is 2. The van der Waals surface area contributed by atoms with E-state index in [9.17, 15) is 18.0 Å². The number of nitrogens with zero attached hydrogens (tertiary/aromatic N) is 3. The van der Waals surface area contributed by atoms with Crippen LogP contribution in [0.1, 0.15) is 12.0 Å². The molecule has 31 heavy (non-hydrogen) atoms. The number of benzene rings is 1. The zero-order chi connectivity index (χ0) is 22.0. The number of amides is 2. The summed E-state index contributed by atoms with van der Waals surface area (Å²) in [7, 11) is 0. The molecular weight excluding hydrogens is 475 g/mol. The highest BCUT2D eigenvalue weighted by Gasteiger charge is 2.31. The Hall–Kier alpha value is -3.14. The van der Waals surface area contributed by atoms with Crippen molar-refractivity contribution in [3.05, 3.63) is 64.9 Å². The van der Waals surface area contributed by atoms with Crippen LogP contribution in [0.25, 0.3) is 11.3 Å². The van der Waals surface area contributed by atoms with Gasteiger partial charge in [-0.15, -0.1) is 0 Å². The molecule has 1 aliphatic rings. The summed E-state index contributed by atoms with van der Waals surface area (Å²) in [4.78, 5) is 23.0. The number of pyridine rings is 2. The molecule has 1 aromatic carbocycles. The van der Waals surface area contributed by atoms with Gasteiger partial charge in [0.25, 0.3) is 0 Å². The summed E-state index contributed by atoms with van der Waals surface area (Å²) in [5.74, 6) is 0.359. The zero-order valence-electron chi connectivity index (χ0n) is 16.1. The summed E-state index contributed by atoms with van der Waals surface area (Å²) in [5.41, 5.74) is 1.11. The van der Waals surface area contributed by atoms with Gasteiger partial charge in [-0.3, -0.25) is 4.90 Å². The van der Waals surface area contributed by atoms with Crippen molar-refractivity contribution in [3.63, 3.8) is 0 Å². The fourth-order valence-corrected chi connectivity index (χ4v) is 3.61. The fourth-order valence-electron chi connectivity index (χ4n) is 3.24. The summed E-state index contributed by atoms with van der Waals surface area (Å²) in [6, 6.07) is 11.3. The van der Waals surface area contributed by atoms with Gasteiger partial charge in [-0.25, -0.2) is 14.8 Å². The highest BCUT2D eigenvalue weighted by molar-refractivity contribution is 9.10. The van der Waals surface area contributed by atoms with Crippen LogP contribution < -0.4 is 15.5 Å². The van der Waals surface area contributed by atoms with E-state index in [-0.39, 0.29) is 0 Å². The summed E-state index contributed by atoms with van der Waals surface area (Å²) >= 11 is 3.26. The van der Waals surface area contributed by atoms with Gasteiger partial charge in [-0.1, -0.05) is 12.1 Å². The third kappa shape index (κ3) is 4.79. The maximum atomic E-state index is 13.1. The lowest BCUT2D eigenvalue weighted by Crippen LogP contribution is -2.36. The normalized spacial score (nSPS) is 13.7. The molecule has 0 radical (unpaired) electrons. The largest absolute Gasteiger partial charge is 0.416 e. The number of nitrogens with one attached hydrogen (secondary N) is 2. The molecule has 0 saturated carbocycles. The molecule has 0 atom stereocenters. The summed E-state index contributed by atoms with van der Waals surface area (Å²) in [5, 5.41) is 6.03. The Morgan fingerprint density at radius 1 is 1.16 bits per heavy atom. The van der Waals surface area contributed by atoms with Crippen LogP contribution in [-0.2, 0) is 6.18 Å². The standard InChI is InChI=1S/C21H17BrF3N5O/c22-18-12-15(7-9-27-18)28-20(31)30-10-2-8-26-17-6-5-16(29-19(17)30)13-3-1-4-14(11-13)21(23,24)25/h1,3-7,9,11-12,26H,2,8,10H2,(H,27,28,31). The van der Waals surface area contributed by atoms with E-state index in [1.165, 1.54) is 11.0 Å². The third-order valence-corrected chi connectivity index (χ3v) is 5.15. The molecule has 2 amide bonds. The Morgan fingerprint density at radius 2 is 2.00 bits per heavy atom. The lowest BCUT2D eigenvalue weighted by atomic mass is 10.1. The van der Waals surface area contributed by atoms with E-state index in [1.54, 1.807) is 36.5 Å². The summed E-state index contributed by atoms with van der Waals surface area (Å²) < 4.78 is 39.9. The Morgan fingerprint density at radius 3 is 2.77 bits per heavy atom. The number of rotatable bonds is 2. The number of fused-ring (bicyclic) bond motifs is 1. The van der Waals surface area contributed by atoms with Gasteiger partial charge in [-0.2, -0.15) is 13.2 Å². The van der Waals surface area contributed by atoms with Crippen molar-refractivity contribution < 1.29 is 18.0 Å².